The van der Waals surface area contributed by atoms with E-state index in [4.69, 9.17) is 9.68 Å². The highest BCUT2D eigenvalue weighted by molar-refractivity contribution is 5.94. The minimum Gasteiger partial charge on any atom is -0.436 e. The number of nitrogens with zero attached hydrogens (tertiary/aromatic N) is 2. The monoisotopic (exact) mass is 333 g/mol. The number of hydrogen-bond acceptors (Lipinski definition) is 4. The summed E-state index contributed by atoms with van der Waals surface area (Å²) < 4.78 is 5.83. The van der Waals surface area contributed by atoms with Gasteiger partial charge in [-0.3, -0.25) is 4.79 Å². The highest BCUT2D eigenvalue weighted by Gasteiger charge is 2.15. The number of nitrogens with one attached hydrogen (secondary N) is 1. The summed E-state index contributed by atoms with van der Waals surface area (Å²) in [5, 5.41) is 11.2. The molecular formula is C20H19N3O2. The van der Waals surface area contributed by atoms with Crippen molar-refractivity contribution in [2.45, 2.75) is 32.6 Å². The number of rotatable bonds is 3. The van der Waals surface area contributed by atoms with Gasteiger partial charge in [-0.2, -0.15) is 5.26 Å². The lowest BCUT2D eigenvalue weighted by molar-refractivity contribution is -0.115. The summed E-state index contributed by atoms with van der Waals surface area (Å²) in [6.07, 6.45) is -0.181. The lowest BCUT2D eigenvalue weighted by Crippen LogP contribution is -2.10. The molecule has 1 amide bonds. The molecule has 0 fully saturated rings. The van der Waals surface area contributed by atoms with E-state index in [1.807, 2.05) is 18.2 Å². The number of fused-ring (bicyclic) bond motifs is 1. The Hall–Kier alpha value is -3.13. The van der Waals surface area contributed by atoms with Crippen molar-refractivity contribution in [3.8, 4) is 17.5 Å². The largest absolute Gasteiger partial charge is 0.436 e. The van der Waals surface area contributed by atoms with Gasteiger partial charge < -0.3 is 9.73 Å². The number of hydrogen-bond donors (Lipinski definition) is 1. The zero-order valence-electron chi connectivity index (χ0n) is 14.5. The Labute approximate surface area is 146 Å². The molecule has 5 heteroatoms. The van der Waals surface area contributed by atoms with E-state index in [1.54, 1.807) is 18.2 Å². The fourth-order valence-electron chi connectivity index (χ4n) is 2.52. The third kappa shape index (κ3) is 3.69. The molecule has 25 heavy (non-hydrogen) atoms. The molecule has 0 atom stereocenters. The second-order valence-corrected chi connectivity index (χ2v) is 6.91. The van der Waals surface area contributed by atoms with Crippen LogP contribution in [0, 0.1) is 11.3 Å². The summed E-state index contributed by atoms with van der Waals surface area (Å²) in [6, 6.07) is 15.2. The first-order chi connectivity index (χ1) is 11.9. The zero-order valence-corrected chi connectivity index (χ0v) is 14.5. The Kier molecular flexibility index (Phi) is 4.28. The number of carbonyl (C=O) groups is 1. The summed E-state index contributed by atoms with van der Waals surface area (Å²) >= 11 is 0. The fraction of sp³-hybridized carbons (Fsp3) is 0.250. The number of anilines is 1. The molecule has 0 saturated heterocycles. The normalized spacial score (nSPS) is 11.3. The van der Waals surface area contributed by atoms with Crippen LogP contribution in [0.4, 0.5) is 5.69 Å². The zero-order chi connectivity index (χ0) is 18.0. The first kappa shape index (κ1) is 16.7. The summed E-state index contributed by atoms with van der Waals surface area (Å²) in [5.74, 6) is 0.190. The number of nitriles is 1. The SMILES string of the molecule is CC(C)(C)c1ccc(-c2nc3ccc(NC(=O)CC#N)cc3o2)cc1. The van der Waals surface area contributed by atoms with E-state index in [1.165, 1.54) is 5.56 Å². The predicted molar refractivity (Wildman–Crippen MR) is 97.0 cm³/mol. The van der Waals surface area contributed by atoms with Crippen molar-refractivity contribution in [1.82, 2.24) is 4.98 Å². The van der Waals surface area contributed by atoms with E-state index in [9.17, 15) is 4.79 Å². The molecule has 1 aromatic heterocycles. The van der Waals surface area contributed by atoms with Gasteiger partial charge in [0.2, 0.25) is 11.8 Å². The Morgan fingerprint density at radius 3 is 2.56 bits per heavy atom. The summed E-state index contributed by atoms with van der Waals surface area (Å²) in [5.41, 5.74) is 4.13. The van der Waals surface area contributed by atoms with Crippen LogP contribution in [0.3, 0.4) is 0 Å². The number of benzene rings is 2. The van der Waals surface area contributed by atoms with Crippen LogP contribution in [0.1, 0.15) is 32.8 Å². The highest BCUT2D eigenvalue weighted by Crippen LogP contribution is 2.29. The average Bonchev–Trinajstić information content (AvgIpc) is 2.97. The number of oxazole rings is 1. The maximum atomic E-state index is 11.5. The second-order valence-electron chi connectivity index (χ2n) is 6.91. The minimum absolute atomic E-state index is 0.0936. The average molecular weight is 333 g/mol. The molecule has 2 aromatic carbocycles. The van der Waals surface area contributed by atoms with Crippen molar-refractivity contribution < 1.29 is 9.21 Å². The molecule has 0 aliphatic rings. The predicted octanol–water partition coefficient (Wildman–Crippen LogP) is 4.64. The molecule has 1 N–H and O–H groups in total. The van der Waals surface area contributed by atoms with Crippen molar-refractivity contribution in [2.24, 2.45) is 0 Å². The van der Waals surface area contributed by atoms with E-state index in [0.717, 1.165) is 5.56 Å². The van der Waals surface area contributed by atoms with Crippen molar-refractivity contribution in [3.05, 3.63) is 48.0 Å². The van der Waals surface area contributed by atoms with E-state index in [0.29, 0.717) is 22.7 Å². The van der Waals surface area contributed by atoms with Gasteiger partial charge >= 0.3 is 0 Å². The van der Waals surface area contributed by atoms with Gasteiger partial charge in [-0.1, -0.05) is 32.9 Å². The summed E-state index contributed by atoms with van der Waals surface area (Å²) in [4.78, 5) is 16.0. The molecule has 1 heterocycles. The highest BCUT2D eigenvalue weighted by atomic mass is 16.3. The van der Waals surface area contributed by atoms with Crippen LogP contribution in [0.5, 0.6) is 0 Å². The summed E-state index contributed by atoms with van der Waals surface area (Å²) in [7, 11) is 0. The van der Waals surface area contributed by atoms with Crippen LogP contribution in [0.25, 0.3) is 22.6 Å². The van der Waals surface area contributed by atoms with Gasteiger partial charge in [0.25, 0.3) is 0 Å². The summed E-state index contributed by atoms with van der Waals surface area (Å²) in [6.45, 7) is 6.51. The van der Waals surface area contributed by atoms with Gasteiger partial charge in [0.15, 0.2) is 5.58 Å². The smallest absolute Gasteiger partial charge is 0.238 e. The first-order valence-electron chi connectivity index (χ1n) is 8.05. The van der Waals surface area contributed by atoms with Gasteiger partial charge in [0.05, 0.1) is 6.07 Å². The van der Waals surface area contributed by atoms with Crippen LogP contribution in [0.15, 0.2) is 46.9 Å². The molecule has 0 unspecified atom stereocenters. The Morgan fingerprint density at radius 2 is 1.92 bits per heavy atom. The van der Waals surface area contributed by atoms with Crippen LogP contribution < -0.4 is 5.32 Å². The molecule has 0 bridgehead atoms. The van der Waals surface area contributed by atoms with E-state index < -0.39 is 0 Å². The van der Waals surface area contributed by atoms with Gasteiger partial charge in [-0.05, 0) is 35.2 Å². The standard InChI is InChI=1S/C20H19N3O2/c1-20(2,3)14-6-4-13(5-7-14)19-23-16-9-8-15(12-17(16)25-19)22-18(24)10-11-21/h4-9,12H,10H2,1-3H3,(H,22,24). The van der Waals surface area contributed by atoms with Gasteiger partial charge in [-0.15, -0.1) is 0 Å². The molecule has 3 aromatic rings. The second kappa shape index (κ2) is 6.40. The molecule has 5 nitrogen and oxygen atoms in total. The molecule has 0 saturated carbocycles. The third-order valence-electron chi connectivity index (χ3n) is 3.91. The Bertz CT molecular complexity index is 957. The number of aromatic nitrogens is 1. The van der Waals surface area contributed by atoms with Crippen LogP contribution in [-0.4, -0.2) is 10.9 Å². The molecular weight excluding hydrogens is 314 g/mol. The first-order valence-corrected chi connectivity index (χ1v) is 8.05. The topological polar surface area (TPSA) is 78.9 Å². The minimum atomic E-state index is -0.348. The van der Waals surface area contributed by atoms with Crippen molar-refractivity contribution in [1.29, 1.82) is 5.26 Å². The molecule has 0 aliphatic heterocycles. The molecule has 0 spiro atoms. The van der Waals surface area contributed by atoms with Crippen molar-refractivity contribution in [2.75, 3.05) is 5.32 Å². The fourth-order valence-corrected chi connectivity index (χ4v) is 2.52. The van der Waals surface area contributed by atoms with Crippen molar-refractivity contribution in [3.63, 3.8) is 0 Å². The Morgan fingerprint density at radius 1 is 1.20 bits per heavy atom. The van der Waals surface area contributed by atoms with Gasteiger partial charge in [0.1, 0.15) is 11.9 Å². The number of amides is 1. The molecule has 126 valence electrons. The quantitative estimate of drug-likeness (QED) is 0.757. The van der Waals surface area contributed by atoms with E-state index >= 15 is 0 Å². The van der Waals surface area contributed by atoms with Crippen LogP contribution in [-0.2, 0) is 10.2 Å². The van der Waals surface area contributed by atoms with E-state index in [2.05, 4.69) is 43.2 Å². The van der Waals surface area contributed by atoms with Crippen molar-refractivity contribution >= 4 is 22.7 Å². The van der Waals surface area contributed by atoms with Crippen LogP contribution >= 0.6 is 0 Å². The van der Waals surface area contributed by atoms with E-state index in [-0.39, 0.29) is 17.7 Å². The molecule has 3 rings (SSSR count). The van der Waals surface area contributed by atoms with Gasteiger partial charge in [-0.25, -0.2) is 4.98 Å². The lowest BCUT2D eigenvalue weighted by Gasteiger charge is -2.18. The van der Waals surface area contributed by atoms with Crippen LogP contribution in [0.2, 0.25) is 0 Å². The maximum absolute atomic E-state index is 11.5. The lowest BCUT2D eigenvalue weighted by atomic mass is 9.87. The van der Waals surface area contributed by atoms with Gasteiger partial charge in [0, 0.05) is 17.3 Å². The third-order valence-corrected chi connectivity index (χ3v) is 3.91. The maximum Gasteiger partial charge on any atom is 0.238 e. The number of carbonyl (C=O) groups excluding carboxylic acids is 1. The molecule has 0 aliphatic carbocycles. The molecule has 0 radical (unpaired) electrons. The Balaban J connectivity index is 1.88.